The Morgan fingerprint density at radius 3 is 2.73 bits per heavy atom. The van der Waals surface area contributed by atoms with Crippen LogP contribution in [0.1, 0.15) is 19.8 Å². The van der Waals surface area contributed by atoms with Gasteiger partial charge in [-0.2, -0.15) is 0 Å². The first-order valence-corrected chi connectivity index (χ1v) is 7.56. The largest absolute Gasteiger partial charge is 0.341 e. The predicted octanol–water partition coefficient (Wildman–Crippen LogP) is 0.948. The van der Waals surface area contributed by atoms with Gasteiger partial charge in [-0.25, -0.2) is 4.68 Å². The fourth-order valence-electron chi connectivity index (χ4n) is 3.01. The Morgan fingerprint density at radius 1 is 1.27 bits per heavy atom. The standard InChI is InChI=1S/C16H19N3O3/c1-11-5-4-8-18(9-11)14(20)10-19-16(22)13-7-3-2-6-12(13)15(21)17-19/h2-3,6-7,11H,4-5,8-10H2,1H3,(H,17,21). The maximum atomic E-state index is 12.4. The molecule has 22 heavy (non-hydrogen) atoms. The van der Waals surface area contributed by atoms with Crippen LogP contribution in [0.15, 0.2) is 33.9 Å². The minimum Gasteiger partial charge on any atom is -0.341 e. The van der Waals surface area contributed by atoms with E-state index in [1.807, 2.05) is 0 Å². The van der Waals surface area contributed by atoms with E-state index in [-0.39, 0.29) is 23.6 Å². The molecule has 2 heterocycles. The molecule has 1 fully saturated rings. The number of nitrogens with one attached hydrogen (secondary N) is 1. The van der Waals surface area contributed by atoms with Crippen molar-refractivity contribution in [2.75, 3.05) is 13.1 Å². The first kappa shape index (κ1) is 14.6. The number of hydrogen-bond donors (Lipinski definition) is 1. The van der Waals surface area contributed by atoms with E-state index in [1.54, 1.807) is 29.2 Å². The van der Waals surface area contributed by atoms with Gasteiger partial charge in [0.25, 0.3) is 11.1 Å². The molecular formula is C16H19N3O3. The highest BCUT2D eigenvalue weighted by Gasteiger charge is 2.21. The monoisotopic (exact) mass is 301 g/mol. The molecule has 0 saturated carbocycles. The zero-order valence-electron chi connectivity index (χ0n) is 12.5. The molecule has 1 amide bonds. The lowest BCUT2D eigenvalue weighted by molar-refractivity contribution is -0.133. The number of aromatic nitrogens is 2. The molecule has 3 rings (SSSR count). The summed E-state index contributed by atoms with van der Waals surface area (Å²) in [4.78, 5) is 38.5. The highest BCUT2D eigenvalue weighted by atomic mass is 16.2. The first-order valence-electron chi connectivity index (χ1n) is 7.56. The van der Waals surface area contributed by atoms with E-state index in [9.17, 15) is 14.4 Å². The van der Waals surface area contributed by atoms with Gasteiger partial charge in [0.05, 0.1) is 10.8 Å². The fourth-order valence-corrected chi connectivity index (χ4v) is 3.01. The molecule has 1 aliphatic rings. The molecule has 1 aromatic heterocycles. The number of fused-ring (bicyclic) bond motifs is 1. The molecule has 6 nitrogen and oxygen atoms in total. The number of aromatic amines is 1. The second kappa shape index (κ2) is 5.79. The predicted molar refractivity (Wildman–Crippen MR) is 83.8 cm³/mol. The van der Waals surface area contributed by atoms with Crippen molar-refractivity contribution in [1.82, 2.24) is 14.7 Å². The van der Waals surface area contributed by atoms with Crippen LogP contribution in [0.3, 0.4) is 0 Å². The van der Waals surface area contributed by atoms with Crippen LogP contribution in [0.4, 0.5) is 0 Å². The number of carbonyl (C=O) groups is 1. The Kier molecular flexibility index (Phi) is 3.83. The molecule has 0 spiro atoms. The molecule has 1 aliphatic heterocycles. The van der Waals surface area contributed by atoms with Crippen LogP contribution >= 0.6 is 0 Å². The van der Waals surface area contributed by atoms with Crippen LogP contribution in [0.2, 0.25) is 0 Å². The fraction of sp³-hybridized carbons (Fsp3) is 0.438. The summed E-state index contributed by atoms with van der Waals surface area (Å²) in [6, 6.07) is 6.63. The number of likely N-dealkylation sites (tertiary alicyclic amines) is 1. The minimum atomic E-state index is -0.352. The topological polar surface area (TPSA) is 75.2 Å². The molecule has 6 heteroatoms. The van der Waals surface area contributed by atoms with Crippen molar-refractivity contribution < 1.29 is 4.79 Å². The minimum absolute atomic E-state index is 0.119. The Labute approximate surface area is 127 Å². The zero-order valence-corrected chi connectivity index (χ0v) is 12.5. The molecule has 1 saturated heterocycles. The van der Waals surface area contributed by atoms with Gasteiger partial charge in [-0.05, 0) is 30.9 Å². The Balaban J connectivity index is 1.91. The van der Waals surface area contributed by atoms with Crippen LogP contribution in [-0.2, 0) is 11.3 Å². The molecule has 0 radical (unpaired) electrons. The van der Waals surface area contributed by atoms with Gasteiger partial charge in [0.15, 0.2) is 0 Å². The van der Waals surface area contributed by atoms with Gasteiger partial charge in [-0.15, -0.1) is 0 Å². The van der Waals surface area contributed by atoms with Gasteiger partial charge in [0, 0.05) is 13.1 Å². The maximum absolute atomic E-state index is 12.4. The second-order valence-electron chi connectivity index (χ2n) is 5.96. The average molecular weight is 301 g/mol. The Bertz CT molecular complexity index is 821. The highest BCUT2D eigenvalue weighted by molar-refractivity contribution is 5.81. The van der Waals surface area contributed by atoms with Gasteiger partial charge in [0.2, 0.25) is 5.91 Å². The zero-order chi connectivity index (χ0) is 15.7. The lowest BCUT2D eigenvalue weighted by atomic mass is 10.0. The van der Waals surface area contributed by atoms with Crippen LogP contribution in [0, 0.1) is 5.92 Å². The summed E-state index contributed by atoms with van der Waals surface area (Å²) >= 11 is 0. The number of nitrogens with zero attached hydrogens (tertiary/aromatic N) is 2. The van der Waals surface area contributed by atoms with E-state index in [1.165, 1.54) is 0 Å². The molecule has 0 aliphatic carbocycles. The normalized spacial score (nSPS) is 18.6. The maximum Gasteiger partial charge on any atom is 0.273 e. The number of rotatable bonds is 2. The molecule has 116 valence electrons. The number of H-pyrrole nitrogens is 1. The van der Waals surface area contributed by atoms with E-state index in [2.05, 4.69) is 12.0 Å². The smallest absolute Gasteiger partial charge is 0.273 e. The van der Waals surface area contributed by atoms with Crippen molar-refractivity contribution in [3.63, 3.8) is 0 Å². The summed E-state index contributed by atoms with van der Waals surface area (Å²) in [5, 5.41) is 3.19. The van der Waals surface area contributed by atoms with Crippen molar-refractivity contribution in [3.05, 3.63) is 45.0 Å². The Morgan fingerprint density at radius 2 is 2.00 bits per heavy atom. The van der Waals surface area contributed by atoms with Gasteiger partial charge in [0.1, 0.15) is 6.54 Å². The first-order chi connectivity index (χ1) is 10.6. The van der Waals surface area contributed by atoms with E-state index < -0.39 is 0 Å². The van der Waals surface area contributed by atoms with E-state index in [0.29, 0.717) is 23.2 Å². The summed E-state index contributed by atoms with van der Waals surface area (Å²) < 4.78 is 1.12. The summed E-state index contributed by atoms with van der Waals surface area (Å²) in [6.07, 6.45) is 2.10. The summed E-state index contributed by atoms with van der Waals surface area (Å²) in [5.41, 5.74) is -0.691. The third-order valence-corrected chi connectivity index (χ3v) is 4.19. The SMILES string of the molecule is CC1CCCN(C(=O)Cn2[nH]c(=O)c3ccccc3c2=O)C1. The van der Waals surface area contributed by atoms with Gasteiger partial charge < -0.3 is 4.90 Å². The molecule has 1 N–H and O–H groups in total. The molecule has 0 bridgehead atoms. The molecule has 1 unspecified atom stereocenters. The third-order valence-electron chi connectivity index (χ3n) is 4.19. The van der Waals surface area contributed by atoms with E-state index in [0.717, 1.165) is 24.1 Å². The second-order valence-corrected chi connectivity index (χ2v) is 5.96. The number of amides is 1. The van der Waals surface area contributed by atoms with E-state index >= 15 is 0 Å². The number of piperidine rings is 1. The number of hydrogen-bond acceptors (Lipinski definition) is 3. The number of carbonyl (C=O) groups excluding carboxylic acids is 1. The third kappa shape index (κ3) is 2.68. The van der Waals surface area contributed by atoms with Crippen molar-refractivity contribution >= 4 is 16.7 Å². The number of benzene rings is 1. The lowest BCUT2D eigenvalue weighted by Crippen LogP contribution is -2.43. The Hall–Kier alpha value is -2.37. The summed E-state index contributed by atoms with van der Waals surface area (Å²) in [6.45, 7) is 3.43. The van der Waals surface area contributed by atoms with Gasteiger partial charge in [-0.1, -0.05) is 19.1 Å². The quantitative estimate of drug-likeness (QED) is 0.897. The summed E-state index contributed by atoms with van der Waals surface area (Å²) in [5.74, 6) is 0.352. The molecule has 1 atom stereocenters. The van der Waals surface area contributed by atoms with Crippen molar-refractivity contribution in [2.45, 2.75) is 26.3 Å². The molecule has 2 aromatic rings. The van der Waals surface area contributed by atoms with E-state index in [4.69, 9.17) is 0 Å². The lowest BCUT2D eigenvalue weighted by Gasteiger charge is -2.31. The summed E-state index contributed by atoms with van der Waals surface area (Å²) in [7, 11) is 0. The van der Waals surface area contributed by atoms with Crippen molar-refractivity contribution in [2.24, 2.45) is 5.92 Å². The van der Waals surface area contributed by atoms with Crippen molar-refractivity contribution in [3.8, 4) is 0 Å². The molecular weight excluding hydrogens is 282 g/mol. The average Bonchev–Trinajstić information content (AvgIpc) is 2.52. The van der Waals surface area contributed by atoms with Crippen LogP contribution < -0.4 is 11.1 Å². The highest BCUT2D eigenvalue weighted by Crippen LogP contribution is 2.15. The van der Waals surface area contributed by atoms with Gasteiger partial charge in [-0.3, -0.25) is 19.5 Å². The van der Waals surface area contributed by atoms with Gasteiger partial charge >= 0.3 is 0 Å². The van der Waals surface area contributed by atoms with Crippen LogP contribution in [0.5, 0.6) is 0 Å². The van der Waals surface area contributed by atoms with Crippen LogP contribution in [0.25, 0.3) is 10.8 Å². The van der Waals surface area contributed by atoms with Crippen molar-refractivity contribution in [1.29, 1.82) is 0 Å². The molecule has 1 aromatic carbocycles. The van der Waals surface area contributed by atoms with Crippen LogP contribution in [-0.4, -0.2) is 33.7 Å².